The first-order valence-corrected chi connectivity index (χ1v) is 10.3. The van der Waals surface area contributed by atoms with Gasteiger partial charge in [0.05, 0.1) is 4.90 Å². The maximum atomic E-state index is 13.4. The van der Waals surface area contributed by atoms with E-state index in [1.807, 2.05) is 43.7 Å². The number of benzene rings is 2. The summed E-state index contributed by atoms with van der Waals surface area (Å²) in [6.07, 6.45) is 0. The largest absolute Gasteiger partial charge is 0.398 e. The quantitative estimate of drug-likeness (QED) is 0.549. The Bertz CT molecular complexity index is 1090. The van der Waals surface area contributed by atoms with E-state index >= 15 is 0 Å². The third kappa shape index (κ3) is 2.59. The topological polar surface area (TPSA) is 65.1 Å². The highest BCUT2D eigenvalue weighted by Crippen LogP contribution is 2.38. The van der Waals surface area contributed by atoms with E-state index in [0.29, 0.717) is 25.2 Å². The number of anilines is 1. The number of sulfone groups is 1. The van der Waals surface area contributed by atoms with Gasteiger partial charge < -0.3 is 10.3 Å². The number of fused-ring (bicyclic) bond motifs is 1. The number of nitrogen functional groups attached to an aromatic ring is 1. The molecule has 0 aliphatic carbocycles. The zero-order chi connectivity index (χ0) is 17.8. The van der Waals surface area contributed by atoms with Crippen molar-refractivity contribution in [2.45, 2.75) is 23.6 Å². The van der Waals surface area contributed by atoms with E-state index in [1.54, 1.807) is 12.1 Å². The van der Waals surface area contributed by atoms with Gasteiger partial charge in [0.25, 0.3) is 0 Å². The summed E-state index contributed by atoms with van der Waals surface area (Å²) in [5, 5.41) is 0.731. The van der Waals surface area contributed by atoms with E-state index in [-0.39, 0.29) is 4.90 Å². The van der Waals surface area contributed by atoms with E-state index in [2.05, 4.69) is 31.9 Å². The Kier molecular flexibility index (Phi) is 4.30. The molecule has 7 heteroatoms. The van der Waals surface area contributed by atoms with Crippen molar-refractivity contribution >= 4 is 58.3 Å². The van der Waals surface area contributed by atoms with Gasteiger partial charge in [-0.3, -0.25) is 0 Å². The third-order valence-electron chi connectivity index (χ3n) is 4.20. The van der Waals surface area contributed by atoms with Crippen LogP contribution < -0.4 is 5.73 Å². The predicted molar refractivity (Wildman–Crippen MR) is 104 cm³/mol. The molecule has 0 aliphatic heterocycles. The zero-order valence-electron chi connectivity index (χ0n) is 13.4. The van der Waals surface area contributed by atoms with Crippen LogP contribution in [0.15, 0.2) is 49.1 Å². The van der Waals surface area contributed by atoms with E-state index in [1.165, 1.54) is 0 Å². The summed E-state index contributed by atoms with van der Waals surface area (Å²) in [6, 6.07) is 8.99. The van der Waals surface area contributed by atoms with Gasteiger partial charge in [-0.1, -0.05) is 11.6 Å². The molecule has 1 heterocycles. The molecular formula is C17H16Br2N2O2S. The maximum Gasteiger partial charge on any atom is 0.210 e. The summed E-state index contributed by atoms with van der Waals surface area (Å²) in [5.74, 6) is 0. The molecule has 24 heavy (non-hydrogen) atoms. The van der Waals surface area contributed by atoms with Gasteiger partial charge >= 0.3 is 0 Å². The predicted octanol–water partition coefficient (Wildman–Crippen LogP) is 4.74. The number of aromatic nitrogens is 1. The van der Waals surface area contributed by atoms with Gasteiger partial charge in [-0.25, -0.2) is 8.42 Å². The van der Waals surface area contributed by atoms with Crippen molar-refractivity contribution in [3.05, 3.63) is 50.5 Å². The molecule has 1 aromatic heterocycles. The molecule has 0 amide bonds. The van der Waals surface area contributed by atoms with Gasteiger partial charge in [-0.15, -0.1) is 0 Å². The molecule has 126 valence electrons. The zero-order valence-corrected chi connectivity index (χ0v) is 17.4. The summed E-state index contributed by atoms with van der Waals surface area (Å²) in [4.78, 5) is 0.529. The molecule has 0 spiro atoms. The molecule has 0 saturated carbocycles. The van der Waals surface area contributed by atoms with Crippen LogP contribution in [0.5, 0.6) is 0 Å². The van der Waals surface area contributed by atoms with Crippen LogP contribution in [0, 0.1) is 13.8 Å². The molecule has 0 saturated heterocycles. The van der Waals surface area contributed by atoms with Crippen LogP contribution in [0.4, 0.5) is 5.69 Å². The van der Waals surface area contributed by atoms with E-state index in [9.17, 15) is 8.42 Å². The van der Waals surface area contributed by atoms with Crippen molar-refractivity contribution in [2.24, 2.45) is 7.05 Å². The first-order chi connectivity index (χ1) is 11.1. The molecular weight excluding hydrogens is 456 g/mol. The molecule has 3 rings (SSSR count). The number of rotatable bonds is 2. The fourth-order valence-corrected chi connectivity index (χ4v) is 6.13. The van der Waals surface area contributed by atoms with Crippen molar-refractivity contribution in [1.82, 2.24) is 4.57 Å². The number of aryl methyl sites for hydroxylation is 2. The number of nitrogens with two attached hydrogens (primary N) is 1. The van der Waals surface area contributed by atoms with Gasteiger partial charge in [0.1, 0.15) is 4.90 Å². The average Bonchev–Trinajstić information content (AvgIpc) is 2.74. The molecule has 0 bridgehead atoms. The van der Waals surface area contributed by atoms with Crippen molar-refractivity contribution in [2.75, 3.05) is 5.73 Å². The number of nitrogens with zero attached hydrogens (tertiary/aromatic N) is 1. The lowest BCUT2D eigenvalue weighted by atomic mass is 10.2. The van der Waals surface area contributed by atoms with Gasteiger partial charge in [0.2, 0.25) is 9.84 Å². The minimum atomic E-state index is -3.72. The van der Waals surface area contributed by atoms with Gasteiger partial charge in [-0.05, 0) is 70.0 Å². The highest BCUT2D eigenvalue weighted by atomic mass is 79.9. The van der Waals surface area contributed by atoms with Crippen molar-refractivity contribution in [3.8, 4) is 0 Å². The Hall–Kier alpha value is -1.31. The summed E-state index contributed by atoms with van der Waals surface area (Å²) in [5.41, 5.74) is 8.93. The summed E-state index contributed by atoms with van der Waals surface area (Å²) in [7, 11) is -1.84. The van der Waals surface area contributed by atoms with Crippen LogP contribution in [-0.2, 0) is 16.9 Å². The molecule has 0 atom stereocenters. The molecule has 4 nitrogen and oxygen atoms in total. The summed E-state index contributed by atoms with van der Waals surface area (Å²) >= 11 is 6.65. The molecule has 3 aromatic rings. The first-order valence-electron chi connectivity index (χ1n) is 7.20. The third-order valence-corrected chi connectivity index (χ3v) is 7.77. The Morgan fingerprint density at radius 3 is 2.38 bits per heavy atom. The first kappa shape index (κ1) is 17.5. The van der Waals surface area contributed by atoms with Crippen LogP contribution in [0.3, 0.4) is 0 Å². The molecule has 2 N–H and O–H groups in total. The van der Waals surface area contributed by atoms with Gasteiger partial charge in [0.15, 0.2) is 0 Å². The lowest BCUT2D eigenvalue weighted by Gasteiger charge is -2.10. The molecule has 0 fully saturated rings. The van der Waals surface area contributed by atoms with E-state index < -0.39 is 9.84 Å². The second kappa shape index (κ2) is 5.89. The fourth-order valence-electron chi connectivity index (χ4n) is 2.85. The van der Waals surface area contributed by atoms with Crippen LogP contribution in [0.1, 0.15) is 11.3 Å². The number of hydrogen-bond donors (Lipinski definition) is 1. The molecule has 0 radical (unpaired) electrons. The standard InChI is InChI=1S/C17H16Br2N2O2S/c1-9-4-5-15-11(6-9)17(10(2)21(15)3)24(22,23)16-8-12(18)14(20)7-13(16)19/h4-8H,20H2,1-3H3. The lowest BCUT2D eigenvalue weighted by Crippen LogP contribution is -2.06. The van der Waals surface area contributed by atoms with Crippen LogP contribution in [0.25, 0.3) is 10.9 Å². The molecule has 0 unspecified atom stereocenters. The fraction of sp³-hybridized carbons (Fsp3) is 0.176. The van der Waals surface area contributed by atoms with Crippen LogP contribution in [0.2, 0.25) is 0 Å². The van der Waals surface area contributed by atoms with Crippen molar-refractivity contribution in [3.63, 3.8) is 0 Å². The molecule has 2 aromatic carbocycles. The Morgan fingerprint density at radius 1 is 1.04 bits per heavy atom. The normalized spacial score (nSPS) is 12.0. The summed E-state index contributed by atoms with van der Waals surface area (Å²) < 4.78 is 29.7. The second-order valence-electron chi connectivity index (χ2n) is 5.80. The Morgan fingerprint density at radius 2 is 1.71 bits per heavy atom. The lowest BCUT2D eigenvalue weighted by molar-refractivity contribution is 0.595. The van der Waals surface area contributed by atoms with Crippen molar-refractivity contribution < 1.29 is 8.42 Å². The number of hydrogen-bond acceptors (Lipinski definition) is 3. The van der Waals surface area contributed by atoms with Crippen LogP contribution in [-0.4, -0.2) is 13.0 Å². The number of halogens is 2. The highest BCUT2D eigenvalue weighted by molar-refractivity contribution is 9.11. The average molecular weight is 472 g/mol. The molecule has 0 aliphatic rings. The summed E-state index contributed by atoms with van der Waals surface area (Å²) in [6.45, 7) is 3.77. The Balaban J connectivity index is 2.41. The maximum absolute atomic E-state index is 13.4. The SMILES string of the molecule is Cc1ccc2c(c1)c(S(=O)(=O)c1cc(Br)c(N)cc1Br)c(C)n2C. The van der Waals surface area contributed by atoms with Gasteiger partial charge in [0, 0.05) is 38.3 Å². The van der Waals surface area contributed by atoms with Crippen LogP contribution >= 0.6 is 31.9 Å². The van der Waals surface area contributed by atoms with E-state index in [0.717, 1.165) is 16.5 Å². The highest BCUT2D eigenvalue weighted by Gasteiger charge is 2.28. The van der Waals surface area contributed by atoms with Crippen molar-refractivity contribution in [1.29, 1.82) is 0 Å². The smallest absolute Gasteiger partial charge is 0.210 e. The Labute approximate surface area is 157 Å². The van der Waals surface area contributed by atoms with E-state index in [4.69, 9.17) is 5.73 Å². The minimum absolute atomic E-state index is 0.195. The van der Waals surface area contributed by atoms with Gasteiger partial charge in [-0.2, -0.15) is 0 Å². The second-order valence-corrected chi connectivity index (χ2v) is 9.37. The minimum Gasteiger partial charge on any atom is -0.398 e. The monoisotopic (exact) mass is 470 g/mol.